The highest BCUT2D eigenvalue weighted by Crippen LogP contribution is 2.51. The predicted octanol–water partition coefficient (Wildman–Crippen LogP) is 0.0642. The van der Waals surface area contributed by atoms with Crippen LogP contribution in [0.15, 0.2) is 6.07 Å². The minimum Gasteiger partial charge on any atom is -0.507 e. The van der Waals surface area contributed by atoms with Gasteiger partial charge in [-0.3, -0.25) is 33.8 Å². The van der Waals surface area contributed by atoms with Crippen molar-refractivity contribution in [3.05, 3.63) is 27.8 Å². The maximum atomic E-state index is 13.8. The number of amides is 1. The summed E-state index contributed by atoms with van der Waals surface area (Å²) in [4.78, 5) is 69.2. The molecule has 7 atom stereocenters. The zero-order chi connectivity index (χ0) is 27.8. The molecule has 10 nitrogen and oxygen atoms in total. The van der Waals surface area contributed by atoms with Gasteiger partial charge < -0.3 is 15.9 Å². The highest BCUT2D eigenvalue weighted by Gasteiger charge is 2.69. The molecule has 1 heterocycles. The quantitative estimate of drug-likeness (QED) is 0.442. The number of aliphatic hydroxyl groups is 1. The summed E-state index contributed by atoms with van der Waals surface area (Å²) in [5.41, 5.74) is 3.24. The van der Waals surface area contributed by atoms with Crippen LogP contribution >= 0.6 is 11.6 Å². The molecule has 1 saturated heterocycles. The van der Waals surface area contributed by atoms with Gasteiger partial charge in [-0.25, -0.2) is 4.39 Å². The zero-order valence-corrected chi connectivity index (χ0v) is 21.7. The number of hydrogen-bond acceptors (Lipinski definition) is 9. The number of rotatable bonds is 4. The van der Waals surface area contributed by atoms with Crippen molar-refractivity contribution < 1.29 is 38.6 Å². The van der Waals surface area contributed by atoms with Crippen LogP contribution in [0.1, 0.15) is 34.3 Å². The van der Waals surface area contributed by atoms with Gasteiger partial charge >= 0.3 is 0 Å². The van der Waals surface area contributed by atoms with Crippen LogP contribution in [0.4, 0.5) is 4.39 Å². The lowest BCUT2D eigenvalue weighted by Crippen LogP contribution is -2.74. The van der Waals surface area contributed by atoms with E-state index in [1.165, 1.54) is 25.1 Å². The molecule has 204 valence electrons. The Morgan fingerprint density at radius 2 is 1.95 bits per heavy atom. The Morgan fingerprint density at radius 1 is 1.26 bits per heavy atom. The molecule has 0 radical (unpaired) electrons. The minimum atomic E-state index is -2.77. The van der Waals surface area contributed by atoms with Gasteiger partial charge in [0.15, 0.2) is 34.7 Å². The number of benzene rings is 1. The van der Waals surface area contributed by atoms with Crippen LogP contribution in [0.3, 0.4) is 0 Å². The third-order valence-electron chi connectivity index (χ3n) is 8.68. The highest BCUT2D eigenvalue weighted by molar-refractivity contribution is 6.34. The SMILES string of the molecule is CN(C)C1C(=O)C(C(N)=O)C(=O)C2(O)C(=O)C3C(=O)c4c(O)cc(CN5CCC(F)C5)c(Cl)c4CC3CC12. The Labute approximate surface area is 222 Å². The molecule has 1 aromatic carbocycles. The van der Waals surface area contributed by atoms with Gasteiger partial charge in [0.05, 0.1) is 17.5 Å². The fourth-order valence-electron chi connectivity index (χ4n) is 6.99. The lowest BCUT2D eigenvalue weighted by molar-refractivity contribution is -0.181. The first-order chi connectivity index (χ1) is 17.8. The first-order valence-electron chi connectivity index (χ1n) is 12.5. The van der Waals surface area contributed by atoms with Crippen LogP contribution in [0.2, 0.25) is 5.02 Å². The highest BCUT2D eigenvalue weighted by atomic mass is 35.5. The van der Waals surface area contributed by atoms with Crippen LogP contribution in [-0.2, 0) is 32.1 Å². The number of nitrogens with two attached hydrogens (primary N) is 1. The number of phenolic OH excluding ortho intramolecular Hbond substituents is 1. The maximum absolute atomic E-state index is 13.8. The number of primary amides is 1. The minimum absolute atomic E-state index is 0.0547. The number of likely N-dealkylation sites (tertiary alicyclic amines) is 1. The molecule has 7 unspecified atom stereocenters. The average molecular weight is 550 g/mol. The van der Waals surface area contributed by atoms with Gasteiger partial charge in [-0.1, -0.05) is 11.6 Å². The number of likely N-dealkylation sites (N-methyl/N-ethyl adjacent to an activating group) is 1. The van der Waals surface area contributed by atoms with Crippen LogP contribution in [0.5, 0.6) is 5.75 Å². The number of carbonyl (C=O) groups is 5. The zero-order valence-electron chi connectivity index (χ0n) is 20.9. The van der Waals surface area contributed by atoms with Gasteiger partial charge in [-0.15, -0.1) is 0 Å². The first-order valence-corrected chi connectivity index (χ1v) is 12.9. The summed E-state index contributed by atoms with van der Waals surface area (Å²) in [7, 11) is 3.05. The number of aromatic hydroxyl groups is 1. The van der Waals surface area contributed by atoms with Crippen LogP contribution in [-0.4, -0.2) is 94.1 Å². The van der Waals surface area contributed by atoms with E-state index in [1.807, 2.05) is 4.90 Å². The second-order valence-electron chi connectivity index (χ2n) is 11.1. The maximum Gasteiger partial charge on any atom is 0.235 e. The molecule has 1 aliphatic heterocycles. The molecule has 3 fully saturated rings. The largest absolute Gasteiger partial charge is 0.507 e. The van der Waals surface area contributed by atoms with E-state index in [0.717, 1.165) is 0 Å². The first kappa shape index (κ1) is 26.9. The molecule has 4 aliphatic rings. The smallest absolute Gasteiger partial charge is 0.235 e. The molecule has 1 aromatic rings. The van der Waals surface area contributed by atoms with Crippen LogP contribution in [0, 0.1) is 23.7 Å². The van der Waals surface area contributed by atoms with Crippen LogP contribution < -0.4 is 5.73 Å². The summed E-state index contributed by atoms with van der Waals surface area (Å²) >= 11 is 6.70. The van der Waals surface area contributed by atoms with Crippen molar-refractivity contribution in [1.29, 1.82) is 0 Å². The topological polar surface area (TPSA) is 158 Å². The van der Waals surface area contributed by atoms with Gasteiger partial charge in [0.25, 0.3) is 0 Å². The Kier molecular flexibility index (Phi) is 6.49. The molecule has 12 heteroatoms. The number of nitrogens with zero attached hydrogens (tertiary/aromatic N) is 2. The van der Waals surface area contributed by atoms with Crippen LogP contribution in [0.25, 0.3) is 0 Å². The van der Waals surface area contributed by atoms with Crippen molar-refractivity contribution >= 4 is 40.6 Å². The predicted molar refractivity (Wildman–Crippen MR) is 131 cm³/mol. The van der Waals surface area contributed by atoms with E-state index in [-0.39, 0.29) is 36.5 Å². The molecule has 4 N–H and O–H groups in total. The molecule has 0 bridgehead atoms. The van der Waals surface area contributed by atoms with E-state index < -0.39 is 76.3 Å². The third-order valence-corrected chi connectivity index (χ3v) is 9.15. The second-order valence-corrected chi connectivity index (χ2v) is 11.5. The number of phenols is 1. The summed E-state index contributed by atoms with van der Waals surface area (Å²) in [6.45, 7) is 1.02. The Bertz CT molecular complexity index is 1290. The summed E-state index contributed by atoms with van der Waals surface area (Å²) in [6.07, 6.45) is -0.530. The van der Waals surface area contributed by atoms with Crippen molar-refractivity contribution in [3.63, 3.8) is 0 Å². The molecule has 2 saturated carbocycles. The fraction of sp³-hybridized carbons (Fsp3) is 0.577. The number of fused-ring (bicyclic) bond motifs is 3. The van der Waals surface area contributed by atoms with Gasteiger partial charge in [-0.05, 0) is 56.5 Å². The monoisotopic (exact) mass is 549 g/mol. The van der Waals surface area contributed by atoms with E-state index in [2.05, 4.69) is 0 Å². The van der Waals surface area contributed by atoms with Crippen molar-refractivity contribution in [2.75, 3.05) is 27.2 Å². The Balaban J connectivity index is 1.57. The third kappa shape index (κ3) is 3.74. The van der Waals surface area contributed by atoms with Crippen molar-refractivity contribution in [2.45, 2.75) is 43.6 Å². The van der Waals surface area contributed by atoms with E-state index in [1.54, 1.807) is 0 Å². The normalized spacial score (nSPS) is 35.3. The van der Waals surface area contributed by atoms with Crippen molar-refractivity contribution in [1.82, 2.24) is 9.80 Å². The molecular weight excluding hydrogens is 521 g/mol. The molecule has 0 spiro atoms. The molecule has 38 heavy (non-hydrogen) atoms. The second kappa shape index (κ2) is 9.18. The van der Waals surface area contributed by atoms with Gasteiger partial charge in [-0.2, -0.15) is 0 Å². The summed E-state index contributed by atoms with van der Waals surface area (Å²) in [5.74, 6) is -11.1. The van der Waals surface area contributed by atoms with Gasteiger partial charge in [0.2, 0.25) is 5.91 Å². The molecule has 0 aromatic heterocycles. The number of carbonyl (C=O) groups excluding carboxylic acids is 5. The molecule has 1 amide bonds. The van der Waals surface area contributed by atoms with E-state index >= 15 is 0 Å². The Morgan fingerprint density at radius 3 is 2.53 bits per heavy atom. The summed E-state index contributed by atoms with van der Waals surface area (Å²) in [6, 6.07) is 0.154. The van der Waals surface area contributed by atoms with Gasteiger partial charge in [0.1, 0.15) is 11.9 Å². The average Bonchev–Trinajstić information content (AvgIpc) is 3.23. The summed E-state index contributed by atoms with van der Waals surface area (Å²) in [5, 5.41) is 22.6. The van der Waals surface area contributed by atoms with E-state index in [9.17, 15) is 38.6 Å². The Hall–Kier alpha value is -2.73. The number of alkyl halides is 1. The summed E-state index contributed by atoms with van der Waals surface area (Å²) < 4.78 is 13.7. The lowest BCUT2D eigenvalue weighted by Gasteiger charge is -2.52. The molecular formula is C26H29ClFN3O7. The number of Topliss-reactive ketones (excluding diaryl/α,β-unsaturated/α-hetero) is 4. The van der Waals surface area contributed by atoms with Crippen molar-refractivity contribution in [3.8, 4) is 5.75 Å². The van der Waals surface area contributed by atoms with E-state index in [0.29, 0.717) is 24.1 Å². The van der Waals surface area contributed by atoms with Gasteiger partial charge in [0, 0.05) is 30.6 Å². The fourth-order valence-corrected chi connectivity index (χ4v) is 7.28. The number of halogens is 2. The lowest BCUT2D eigenvalue weighted by atomic mass is 9.52. The van der Waals surface area contributed by atoms with Crippen molar-refractivity contribution in [2.24, 2.45) is 29.4 Å². The number of hydrogen-bond donors (Lipinski definition) is 3. The molecule has 3 aliphatic carbocycles. The standard InChI is InChI=1S/C26H29ClFN3O7/c1-30(2)20-14-6-10-5-13-17(15(32)7-11(19(13)27)8-31-4-3-12(28)9-31)21(33)16(10)23(35)26(14,38)24(36)18(22(20)34)25(29)37/h7,10,12,14,16,18,20,32,38H,3-6,8-9H2,1-2H3,(H2,29,37). The van der Waals surface area contributed by atoms with E-state index in [4.69, 9.17) is 17.3 Å². The molecule has 5 rings (SSSR count). The number of ketones is 4.